The van der Waals surface area contributed by atoms with Gasteiger partial charge in [0.1, 0.15) is 0 Å². The van der Waals surface area contributed by atoms with Gasteiger partial charge in [-0.05, 0) is 48.3 Å². The highest BCUT2D eigenvalue weighted by atomic mass is 16.6. The molecule has 0 radical (unpaired) electrons. The van der Waals surface area contributed by atoms with Crippen molar-refractivity contribution in [2.24, 2.45) is 5.92 Å². The second-order valence-electron chi connectivity index (χ2n) is 7.22. The van der Waals surface area contributed by atoms with E-state index in [1.54, 1.807) is 6.92 Å². The SMILES string of the molecule is CC(=O)NC[C@H]1CCCN(c2nc3nonc3nc2N2CCCCC2)C1. The molecule has 2 aliphatic heterocycles. The minimum Gasteiger partial charge on any atom is -0.356 e. The van der Waals surface area contributed by atoms with Crippen molar-refractivity contribution < 1.29 is 9.42 Å². The molecule has 0 aromatic carbocycles. The monoisotopic (exact) mass is 359 g/mol. The largest absolute Gasteiger partial charge is 0.356 e. The third-order valence-corrected chi connectivity index (χ3v) is 5.19. The van der Waals surface area contributed by atoms with Crippen molar-refractivity contribution in [1.82, 2.24) is 25.6 Å². The van der Waals surface area contributed by atoms with Crippen LogP contribution in [0.1, 0.15) is 39.0 Å². The third-order valence-electron chi connectivity index (χ3n) is 5.19. The molecule has 2 saturated heterocycles. The molecule has 0 bridgehead atoms. The topological polar surface area (TPSA) is 100 Å². The molecule has 0 aliphatic carbocycles. The number of carbonyl (C=O) groups excluding carboxylic acids is 1. The van der Waals surface area contributed by atoms with Crippen molar-refractivity contribution in [1.29, 1.82) is 0 Å². The zero-order valence-electron chi connectivity index (χ0n) is 15.1. The van der Waals surface area contributed by atoms with Crippen LogP contribution in [0.25, 0.3) is 11.3 Å². The second kappa shape index (κ2) is 7.43. The fourth-order valence-electron chi connectivity index (χ4n) is 3.86. The lowest BCUT2D eigenvalue weighted by Crippen LogP contribution is -2.42. The number of fused-ring (bicyclic) bond motifs is 1. The molecule has 2 aromatic rings. The predicted octanol–water partition coefficient (Wildman–Crippen LogP) is 1.36. The molecule has 9 heteroatoms. The van der Waals surface area contributed by atoms with E-state index in [1.165, 1.54) is 19.3 Å². The zero-order valence-corrected chi connectivity index (χ0v) is 15.1. The first-order valence-electron chi connectivity index (χ1n) is 9.45. The van der Waals surface area contributed by atoms with Gasteiger partial charge in [0, 0.05) is 39.6 Å². The van der Waals surface area contributed by atoms with Crippen LogP contribution in [0.2, 0.25) is 0 Å². The Hall–Kier alpha value is -2.45. The number of piperidine rings is 2. The van der Waals surface area contributed by atoms with Crippen molar-refractivity contribution in [2.75, 3.05) is 42.5 Å². The fraction of sp³-hybridized carbons (Fsp3) is 0.706. The Balaban J connectivity index is 1.62. The van der Waals surface area contributed by atoms with E-state index in [0.29, 0.717) is 23.8 Å². The summed E-state index contributed by atoms with van der Waals surface area (Å²) in [6.45, 7) is 6.02. The number of hydrogen-bond acceptors (Lipinski definition) is 8. The van der Waals surface area contributed by atoms with Crippen LogP contribution >= 0.6 is 0 Å². The van der Waals surface area contributed by atoms with E-state index < -0.39 is 0 Å². The molecule has 140 valence electrons. The van der Waals surface area contributed by atoms with Gasteiger partial charge in [0.15, 0.2) is 11.6 Å². The molecule has 2 fully saturated rings. The summed E-state index contributed by atoms with van der Waals surface area (Å²) in [5.74, 6) is 2.18. The first kappa shape index (κ1) is 17.0. The van der Waals surface area contributed by atoms with E-state index >= 15 is 0 Å². The van der Waals surface area contributed by atoms with E-state index in [2.05, 4.69) is 25.4 Å². The molecule has 4 heterocycles. The van der Waals surface area contributed by atoms with Crippen molar-refractivity contribution >= 4 is 28.8 Å². The van der Waals surface area contributed by atoms with Crippen LogP contribution in [-0.2, 0) is 4.79 Å². The molecular weight excluding hydrogens is 334 g/mol. The second-order valence-corrected chi connectivity index (χ2v) is 7.22. The number of amides is 1. The van der Waals surface area contributed by atoms with E-state index in [9.17, 15) is 4.79 Å². The van der Waals surface area contributed by atoms with Crippen molar-refractivity contribution in [3.63, 3.8) is 0 Å². The smallest absolute Gasteiger partial charge is 0.245 e. The first-order valence-corrected chi connectivity index (χ1v) is 9.45. The Morgan fingerprint density at radius 1 is 1.04 bits per heavy atom. The molecule has 1 N–H and O–H groups in total. The molecule has 1 amide bonds. The lowest BCUT2D eigenvalue weighted by molar-refractivity contribution is -0.119. The average molecular weight is 359 g/mol. The Morgan fingerprint density at radius 3 is 2.38 bits per heavy atom. The number of anilines is 2. The maximum Gasteiger partial charge on any atom is 0.245 e. The lowest BCUT2D eigenvalue weighted by Gasteiger charge is -2.36. The Bertz CT molecular complexity index is 772. The molecule has 26 heavy (non-hydrogen) atoms. The summed E-state index contributed by atoms with van der Waals surface area (Å²) < 4.78 is 4.83. The Labute approximate surface area is 152 Å². The van der Waals surface area contributed by atoms with Gasteiger partial charge in [-0.3, -0.25) is 4.79 Å². The molecule has 0 spiro atoms. The summed E-state index contributed by atoms with van der Waals surface area (Å²) in [7, 11) is 0. The van der Waals surface area contributed by atoms with Crippen LogP contribution in [0.5, 0.6) is 0 Å². The van der Waals surface area contributed by atoms with E-state index in [1.807, 2.05) is 0 Å². The van der Waals surface area contributed by atoms with Gasteiger partial charge in [-0.15, -0.1) is 0 Å². The van der Waals surface area contributed by atoms with Gasteiger partial charge in [0.2, 0.25) is 17.2 Å². The molecular formula is C17H25N7O2. The van der Waals surface area contributed by atoms with Gasteiger partial charge in [-0.25, -0.2) is 14.6 Å². The summed E-state index contributed by atoms with van der Waals surface area (Å²) in [6.07, 6.45) is 5.77. The summed E-state index contributed by atoms with van der Waals surface area (Å²) in [5.41, 5.74) is 0.908. The van der Waals surface area contributed by atoms with Gasteiger partial charge < -0.3 is 15.1 Å². The van der Waals surface area contributed by atoms with Gasteiger partial charge in [-0.2, -0.15) is 0 Å². The number of aromatic nitrogens is 4. The maximum absolute atomic E-state index is 11.2. The summed E-state index contributed by atoms with van der Waals surface area (Å²) in [4.78, 5) is 25.3. The number of nitrogens with zero attached hydrogens (tertiary/aromatic N) is 6. The van der Waals surface area contributed by atoms with Gasteiger partial charge >= 0.3 is 0 Å². The molecule has 4 rings (SSSR count). The molecule has 0 unspecified atom stereocenters. The number of hydrogen-bond donors (Lipinski definition) is 1. The summed E-state index contributed by atoms with van der Waals surface area (Å²) in [6, 6.07) is 0. The normalized spacial score (nSPS) is 21.2. The van der Waals surface area contributed by atoms with Crippen molar-refractivity contribution in [3.8, 4) is 0 Å². The standard InChI is InChI=1S/C17H25N7O2/c1-12(25)18-10-13-6-5-9-24(11-13)17-16(23-7-3-2-4-8-23)19-14-15(20-17)22-26-21-14/h13H,2-11H2,1H3,(H,18,25)/t13-/m1/s1. The molecule has 1 atom stereocenters. The molecule has 0 saturated carbocycles. The van der Waals surface area contributed by atoms with Gasteiger partial charge in [-0.1, -0.05) is 0 Å². The number of nitrogens with one attached hydrogen (secondary N) is 1. The fourth-order valence-corrected chi connectivity index (χ4v) is 3.86. The molecule has 2 aromatic heterocycles. The Kier molecular flexibility index (Phi) is 4.85. The van der Waals surface area contributed by atoms with Gasteiger partial charge in [0.25, 0.3) is 0 Å². The van der Waals surface area contributed by atoms with Crippen LogP contribution in [0, 0.1) is 5.92 Å². The quantitative estimate of drug-likeness (QED) is 0.873. The van der Waals surface area contributed by atoms with Crippen molar-refractivity contribution in [2.45, 2.75) is 39.0 Å². The van der Waals surface area contributed by atoms with E-state index in [0.717, 1.165) is 50.7 Å². The van der Waals surface area contributed by atoms with Crippen molar-refractivity contribution in [3.05, 3.63) is 0 Å². The minimum atomic E-state index is 0.0195. The highest BCUT2D eigenvalue weighted by Gasteiger charge is 2.27. The van der Waals surface area contributed by atoms with Gasteiger partial charge in [0.05, 0.1) is 0 Å². The maximum atomic E-state index is 11.2. The lowest BCUT2D eigenvalue weighted by atomic mass is 9.98. The van der Waals surface area contributed by atoms with Crippen LogP contribution in [-0.4, -0.2) is 58.9 Å². The van der Waals surface area contributed by atoms with Crippen LogP contribution in [0.3, 0.4) is 0 Å². The molecule has 2 aliphatic rings. The highest BCUT2D eigenvalue weighted by Crippen LogP contribution is 2.32. The number of carbonyl (C=O) groups is 1. The summed E-state index contributed by atoms with van der Waals surface area (Å²) in [5, 5.41) is 10.7. The van der Waals surface area contributed by atoms with Crippen LogP contribution < -0.4 is 15.1 Å². The summed E-state index contributed by atoms with van der Waals surface area (Å²) >= 11 is 0. The molecule has 9 nitrogen and oxygen atoms in total. The predicted molar refractivity (Wildman–Crippen MR) is 97.1 cm³/mol. The van der Waals surface area contributed by atoms with E-state index in [-0.39, 0.29) is 5.91 Å². The first-order chi connectivity index (χ1) is 12.7. The third kappa shape index (κ3) is 3.56. The minimum absolute atomic E-state index is 0.0195. The van der Waals surface area contributed by atoms with Crippen LogP contribution in [0.15, 0.2) is 4.63 Å². The average Bonchev–Trinajstić information content (AvgIpc) is 3.14. The van der Waals surface area contributed by atoms with Crippen LogP contribution in [0.4, 0.5) is 11.6 Å². The van der Waals surface area contributed by atoms with E-state index in [4.69, 9.17) is 14.6 Å². The highest BCUT2D eigenvalue weighted by molar-refractivity contribution is 5.75. The zero-order chi connectivity index (χ0) is 17.9. The Morgan fingerprint density at radius 2 is 1.69 bits per heavy atom. The number of rotatable bonds is 4.